The molecule has 2 rings (SSSR count). The number of carboxylic acids is 1. The number of aromatic nitrogens is 1. The lowest BCUT2D eigenvalue weighted by Crippen LogP contribution is -2.55. The molecule has 0 unspecified atom stereocenters. The van der Waals surface area contributed by atoms with E-state index in [1.807, 2.05) is 24.3 Å². The fraction of sp³-hybridized carbons (Fsp3) is 0.400. The summed E-state index contributed by atoms with van der Waals surface area (Å²) in [7, 11) is 0. The molecule has 0 bridgehead atoms. The molecule has 0 aliphatic heterocycles. The zero-order valence-electron chi connectivity index (χ0n) is 17.1. The van der Waals surface area contributed by atoms with Crippen molar-refractivity contribution in [3.63, 3.8) is 0 Å². The molecule has 0 saturated heterocycles. The number of carbonyl (C=O) groups excluding carboxylic acids is 3. The molecule has 0 fully saturated rings. The minimum absolute atomic E-state index is 0.288. The summed E-state index contributed by atoms with van der Waals surface area (Å²) >= 11 is 0. The summed E-state index contributed by atoms with van der Waals surface area (Å²) in [5, 5.41) is 17.0. The van der Waals surface area contributed by atoms with Gasteiger partial charge in [-0.3, -0.25) is 19.2 Å². The lowest BCUT2D eigenvalue weighted by Gasteiger charge is -2.20. The first-order chi connectivity index (χ1) is 14.1. The average Bonchev–Trinajstić information content (AvgIpc) is 3.10. The Kier molecular flexibility index (Phi) is 7.54. The Labute approximate surface area is 173 Å². The maximum atomic E-state index is 12.4. The van der Waals surface area contributed by atoms with Gasteiger partial charge in [-0.15, -0.1) is 0 Å². The summed E-state index contributed by atoms with van der Waals surface area (Å²) in [6.07, 6.45) is 2.09. The van der Waals surface area contributed by atoms with Crippen molar-refractivity contribution < 1.29 is 24.3 Å². The van der Waals surface area contributed by atoms with Crippen LogP contribution >= 0.6 is 0 Å². The van der Waals surface area contributed by atoms with E-state index in [-0.39, 0.29) is 6.42 Å². The number of para-hydroxylation sites is 1. The molecule has 1 aromatic heterocycles. The molecule has 10 nitrogen and oxygen atoms in total. The predicted octanol–water partition coefficient (Wildman–Crippen LogP) is -0.364. The molecule has 1 heterocycles. The van der Waals surface area contributed by atoms with Crippen molar-refractivity contribution >= 4 is 34.6 Å². The van der Waals surface area contributed by atoms with E-state index >= 15 is 0 Å². The average molecular weight is 417 g/mol. The lowest BCUT2D eigenvalue weighted by atomic mass is 10.0. The minimum atomic E-state index is -1.19. The molecule has 10 heteroatoms. The first-order valence-corrected chi connectivity index (χ1v) is 9.54. The summed E-state index contributed by atoms with van der Waals surface area (Å²) in [5.74, 6) is -2.92. The van der Waals surface area contributed by atoms with Crippen molar-refractivity contribution in [1.82, 2.24) is 20.9 Å². The molecule has 0 spiro atoms. The zero-order valence-corrected chi connectivity index (χ0v) is 17.1. The Hall–Kier alpha value is -3.40. The number of aromatic amines is 1. The van der Waals surface area contributed by atoms with Crippen LogP contribution in [0.4, 0.5) is 0 Å². The highest BCUT2D eigenvalue weighted by atomic mass is 16.4. The highest BCUT2D eigenvalue weighted by Crippen LogP contribution is 2.18. The fourth-order valence-electron chi connectivity index (χ4n) is 2.82. The number of H-pyrrole nitrogens is 1. The number of fused-ring (bicyclic) bond motifs is 1. The number of amides is 3. The summed E-state index contributed by atoms with van der Waals surface area (Å²) in [6.45, 7) is 4.20. The quantitative estimate of drug-likeness (QED) is 0.326. The third-order valence-corrected chi connectivity index (χ3v) is 4.68. The SMILES string of the molecule is C[C@H](NC(=O)[C@H](C)NC(=O)[C@H](C)NC(=O)[C@@H](N)Cc1c[nH]c2ccccc12)C(=O)O. The molecule has 2 aromatic rings. The van der Waals surface area contributed by atoms with Crippen LogP contribution in [0.3, 0.4) is 0 Å². The minimum Gasteiger partial charge on any atom is -0.480 e. The number of carbonyl (C=O) groups is 4. The van der Waals surface area contributed by atoms with Gasteiger partial charge in [0.15, 0.2) is 0 Å². The number of aliphatic carboxylic acids is 1. The number of carboxylic acid groups (broad SMARTS) is 1. The highest BCUT2D eigenvalue weighted by molar-refractivity contribution is 5.94. The first kappa shape index (κ1) is 22.9. The van der Waals surface area contributed by atoms with Gasteiger partial charge in [-0.2, -0.15) is 0 Å². The van der Waals surface area contributed by atoms with E-state index < -0.39 is 47.9 Å². The predicted molar refractivity (Wildman–Crippen MR) is 110 cm³/mol. The van der Waals surface area contributed by atoms with Crippen LogP contribution in [0.15, 0.2) is 30.5 Å². The van der Waals surface area contributed by atoms with Gasteiger partial charge in [0, 0.05) is 17.1 Å². The van der Waals surface area contributed by atoms with Gasteiger partial charge >= 0.3 is 5.97 Å². The van der Waals surface area contributed by atoms with E-state index in [1.54, 1.807) is 6.20 Å². The number of hydrogen-bond acceptors (Lipinski definition) is 5. The standard InChI is InChI=1S/C20H27N5O5/c1-10(18(27)25-12(3)20(29)30)23-17(26)11(2)24-19(28)15(21)8-13-9-22-16-7-5-4-6-14(13)16/h4-7,9-12,15,22H,8,21H2,1-3H3,(H,23,26)(H,24,28)(H,25,27)(H,29,30)/t10-,11-,12-,15-/m0/s1. The van der Waals surface area contributed by atoms with E-state index in [4.69, 9.17) is 10.8 Å². The molecule has 30 heavy (non-hydrogen) atoms. The maximum absolute atomic E-state index is 12.4. The van der Waals surface area contributed by atoms with E-state index in [9.17, 15) is 19.2 Å². The van der Waals surface area contributed by atoms with Crippen molar-refractivity contribution in [3.05, 3.63) is 36.0 Å². The van der Waals surface area contributed by atoms with E-state index in [1.165, 1.54) is 20.8 Å². The van der Waals surface area contributed by atoms with Gasteiger partial charge in [-0.25, -0.2) is 0 Å². The number of benzene rings is 1. The second-order valence-corrected chi connectivity index (χ2v) is 7.20. The molecule has 7 N–H and O–H groups in total. The highest BCUT2D eigenvalue weighted by Gasteiger charge is 2.25. The molecule has 0 aliphatic rings. The van der Waals surface area contributed by atoms with Crippen molar-refractivity contribution in [2.45, 2.75) is 51.4 Å². The Bertz CT molecular complexity index is 941. The largest absolute Gasteiger partial charge is 0.480 e. The van der Waals surface area contributed by atoms with E-state index in [0.717, 1.165) is 16.5 Å². The van der Waals surface area contributed by atoms with Crippen molar-refractivity contribution in [1.29, 1.82) is 0 Å². The Morgan fingerprint density at radius 3 is 2.07 bits per heavy atom. The number of nitrogens with one attached hydrogen (secondary N) is 4. The van der Waals surface area contributed by atoms with Crippen LogP contribution in [0.2, 0.25) is 0 Å². The molecule has 3 amide bonds. The molecule has 1 aromatic carbocycles. The summed E-state index contributed by atoms with van der Waals surface area (Å²) < 4.78 is 0. The van der Waals surface area contributed by atoms with Crippen LogP contribution in [0, 0.1) is 0 Å². The third kappa shape index (κ3) is 5.80. The normalized spacial score (nSPS) is 14.9. The molecule has 162 valence electrons. The van der Waals surface area contributed by atoms with E-state index in [2.05, 4.69) is 20.9 Å². The van der Waals surface area contributed by atoms with Gasteiger partial charge in [0.1, 0.15) is 18.1 Å². The van der Waals surface area contributed by atoms with Crippen molar-refractivity contribution in [3.8, 4) is 0 Å². The lowest BCUT2D eigenvalue weighted by molar-refractivity contribution is -0.141. The molecular weight excluding hydrogens is 390 g/mol. The van der Waals surface area contributed by atoms with Gasteiger partial charge in [0.25, 0.3) is 0 Å². The van der Waals surface area contributed by atoms with Gasteiger partial charge in [0.05, 0.1) is 6.04 Å². The monoisotopic (exact) mass is 417 g/mol. The summed E-state index contributed by atoms with van der Waals surface area (Å²) in [4.78, 5) is 50.5. The Balaban J connectivity index is 1.87. The van der Waals surface area contributed by atoms with Crippen LogP contribution in [-0.4, -0.2) is 57.9 Å². The third-order valence-electron chi connectivity index (χ3n) is 4.68. The zero-order chi connectivity index (χ0) is 22.4. The van der Waals surface area contributed by atoms with Crippen LogP contribution < -0.4 is 21.7 Å². The second-order valence-electron chi connectivity index (χ2n) is 7.20. The number of rotatable bonds is 9. The van der Waals surface area contributed by atoms with Gasteiger partial charge in [-0.1, -0.05) is 18.2 Å². The van der Waals surface area contributed by atoms with Gasteiger partial charge in [0.2, 0.25) is 17.7 Å². The molecule has 4 atom stereocenters. The first-order valence-electron chi connectivity index (χ1n) is 9.54. The van der Waals surface area contributed by atoms with Crippen LogP contribution in [0.1, 0.15) is 26.3 Å². The van der Waals surface area contributed by atoms with Crippen LogP contribution in [-0.2, 0) is 25.6 Å². The Morgan fingerprint density at radius 1 is 0.933 bits per heavy atom. The van der Waals surface area contributed by atoms with Crippen LogP contribution in [0.25, 0.3) is 10.9 Å². The Morgan fingerprint density at radius 2 is 1.47 bits per heavy atom. The number of hydrogen-bond donors (Lipinski definition) is 6. The summed E-state index contributed by atoms with van der Waals surface area (Å²) in [5.41, 5.74) is 7.84. The smallest absolute Gasteiger partial charge is 0.325 e. The van der Waals surface area contributed by atoms with Crippen molar-refractivity contribution in [2.75, 3.05) is 0 Å². The molecule has 0 radical (unpaired) electrons. The fourth-order valence-corrected chi connectivity index (χ4v) is 2.82. The van der Waals surface area contributed by atoms with Gasteiger partial charge < -0.3 is 31.8 Å². The molecule has 0 saturated carbocycles. The topological polar surface area (TPSA) is 166 Å². The van der Waals surface area contributed by atoms with Crippen molar-refractivity contribution in [2.24, 2.45) is 5.73 Å². The maximum Gasteiger partial charge on any atom is 0.325 e. The molecular formula is C20H27N5O5. The van der Waals surface area contributed by atoms with E-state index in [0.29, 0.717) is 0 Å². The number of nitrogens with two attached hydrogens (primary N) is 1. The van der Waals surface area contributed by atoms with Gasteiger partial charge in [-0.05, 0) is 38.8 Å². The molecule has 0 aliphatic carbocycles. The second kappa shape index (κ2) is 9.88. The van der Waals surface area contributed by atoms with Crippen LogP contribution in [0.5, 0.6) is 0 Å². The summed E-state index contributed by atoms with van der Waals surface area (Å²) in [6, 6.07) is 3.79.